The van der Waals surface area contributed by atoms with Crippen LogP contribution in [0.2, 0.25) is 0 Å². The first-order chi connectivity index (χ1) is 13.8. The molecule has 0 saturated carbocycles. The fraction of sp³-hybridized carbons (Fsp3) is 0.391. The van der Waals surface area contributed by atoms with Gasteiger partial charge in [-0.2, -0.15) is 0 Å². The van der Waals surface area contributed by atoms with Gasteiger partial charge in [0.25, 0.3) is 5.91 Å². The molecule has 0 fully saturated rings. The molecule has 156 valence electrons. The molecule has 1 unspecified atom stereocenters. The Kier molecular flexibility index (Phi) is 8.21. The lowest BCUT2D eigenvalue weighted by Crippen LogP contribution is -2.51. The van der Waals surface area contributed by atoms with E-state index in [2.05, 4.69) is 10.6 Å². The SMILES string of the molecule is CCCC(C)(N)C(=O)NCCc1ccc(OCC(=O)Nc2cccc(C)c2)cc1. The molecule has 0 bridgehead atoms. The van der Waals surface area contributed by atoms with Gasteiger partial charge in [0.2, 0.25) is 5.91 Å². The molecular formula is C23H31N3O3. The van der Waals surface area contributed by atoms with Gasteiger partial charge in [0.1, 0.15) is 5.75 Å². The molecule has 0 aliphatic heterocycles. The third-order valence-electron chi connectivity index (χ3n) is 4.58. The van der Waals surface area contributed by atoms with Gasteiger partial charge in [0.15, 0.2) is 6.61 Å². The molecule has 2 aromatic rings. The van der Waals surface area contributed by atoms with Crippen LogP contribution in [0.15, 0.2) is 48.5 Å². The van der Waals surface area contributed by atoms with E-state index in [4.69, 9.17) is 10.5 Å². The minimum atomic E-state index is -0.828. The number of nitrogens with one attached hydrogen (secondary N) is 2. The van der Waals surface area contributed by atoms with E-state index in [-0.39, 0.29) is 18.4 Å². The van der Waals surface area contributed by atoms with Crippen LogP contribution in [0.4, 0.5) is 5.69 Å². The fourth-order valence-electron chi connectivity index (χ4n) is 2.98. The first-order valence-electron chi connectivity index (χ1n) is 9.95. The molecule has 0 aliphatic carbocycles. The number of benzene rings is 2. The predicted octanol–water partition coefficient (Wildman–Crippen LogP) is 3.19. The second-order valence-corrected chi connectivity index (χ2v) is 7.52. The van der Waals surface area contributed by atoms with Crippen molar-refractivity contribution in [1.29, 1.82) is 0 Å². The van der Waals surface area contributed by atoms with Gasteiger partial charge in [-0.25, -0.2) is 0 Å². The summed E-state index contributed by atoms with van der Waals surface area (Å²) in [5, 5.41) is 5.70. The van der Waals surface area contributed by atoms with Crippen molar-refractivity contribution in [2.45, 2.75) is 45.6 Å². The second kappa shape index (κ2) is 10.6. The molecule has 29 heavy (non-hydrogen) atoms. The van der Waals surface area contributed by atoms with Gasteiger partial charge < -0.3 is 21.1 Å². The van der Waals surface area contributed by atoms with Crippen LogP contribution in [0.3, 0.4) is 0 Å². The average Bonchev–Trinajstić information content (AvgIpc) is 2.67. The van der Waals surface area contributed by atoms with Crippen molar-refractivity contribution in [3.63, 3.8) is 0 Å². The summed E-state index contributed by atoms with van der Waals surface area (Å²) in [5.74, 6) is 0.285. The number of anilines is 1. The molecule has 6 heteroatoms. The van der Waals surface area contributed by atoms with Gasteiger partial charge >= 0.3 is 0 Å². The van der Waals surface area contributed by atoms with Crippen LogP contribution in [0, 0.1) is 6.92 Å². The van der Waals surface area contributed by atoms with Crippen LogP contribution >= 0.6 is 0 Å². The monoisotopic (exact) mass is 397 g/mol. The van der Waals surface area contributed by atoms with E-state index in [1.165, 1.54) is 0 Å². The molecule has 0 saturated heterocycles. The maximum Gasteiger partial charge on any atom is 0.262 e. The Morgan fingerprint density at radius 2 is 1.86 bits per heavy atom. The molecule has 4 N–H and O–H groups in total. The lowest BCUT2D eigenvalue weighted by atomic mass is 9.96. The Labute approximate surface area is 172 Å². The first-order valence-corrected chi connectivity index (χ1v) is 9.95. The molecule has 6 nitrogen and oxygen atoms in total. The Bertz CT molecular complexity index is 816. The van der Waals surface area contributed by atoms with Gasteiger partial charge in [0, 0.05) is 12.2 Å². The normalized spacial score (nSPS) is 12.7. The van der Waals surface area contributed by atoms with E-state index >= 15 is 0 Å². The standard InChI is InChI=1S/C23H31N3O3/c1-4-13-23(3,24)22(28)25-14-12-18-8-10-20(11-9-18)29-16-21(27)26-19-7-5-6-17(2)15-19/h5-11,15H,4,12-14,16,24H2,1-3H3,(H,25,28)(H,26,27). The third-order valence-corrected chi connectivity index (χ3v) is 4.58. The smallest absolute Gasteiger partial charge is 0.262 e. The van der Waals surface area contributed by atoms with Gasteiger partial charge in [-0.1, -0.05) is 37.6 Å². The number of aryl methyl sites for hydroxylation is 1. The number of rotatable bonds is 10. The third kappa shape index (κ3) is 7.58. The zero-order valence-electron chi connectivity index (χ0n) is 17.5. The van der Waals surface area contributed by atoms with Gasteiger partial charge in [0.05, 0.1) is 5.54 Å². The number of amides is 2. The fourth-order valence-corrected chi connectivity index (χ4v) is 2.98. The lowest BCUT2D eigenvalue weighted by Gasteiger charge is -2.22. The van der Waals surface area contributed by atoms with Crippen LogP contribution in [-0.4, -0.2) is 30.5 Å². The second-order valence-electron chi connectivity index (χ2n) is 7.52. The molecule has 2 aromatic carbocycles. The van der Waals surface area contributed by atoms with Crippen LogP contribution in [0.1, 0.15) is 37.8 Å². The van der Waals surface area contributed by atoms with Crippen LogP contribution in [0.25, 0.3) is 0 Å². The predicted molar refractivity (Wildman–Crippen MR) is 116 cm³/mol. The number of carbonyl (C=O) groups excluding carboxylic acids is 2. The molecule has 0 aromatic heterocycles. The number of nitrogens with two attached hydrogens (primary N) is 1. The zero-order valence-corrected chi connectivity index (χ0v) is 17.5. The molecule has 1 atom stereocenters. The summed E-state index contributed by atoms with van der Waals surface area (Å²) >= 11 is 0. The van der Waals surface area contributed by atoms with E-state index in [1.54, 1.807) is 6.92 Å². The Balaban J connectivity index is 1.74. The van der Waals surface area contributed by atoms with Gasteiger partial charge in [-0.05, 0) is 62.1 Å². The quantitative estimate of drug-likeness (QED) is 0.574. The summed E-state index contributed by atoms with van der Waals surface area (Å²) < 4.78 is 5.54. The molecule has 0 aliphatic rings. The Morgan fingerprint density at radius 1 is 1.14 bits per heavy atom. The summed E-state index contributed by atoms with van der Waals surface area (Å²) in [4.78, 5) is 24.1. The molecule has 0 spiro atoms. The number of carbonyl (C=O) groups is 2. The maximum absolute atomic E-state index is 12.1. The summed E-state index contributed by atoms with van der Waals surface area (Å²) in [7, 11) is 0. The summed E-state index contributed by atoms with van der Waals surface area (Å²) in [5.41, 5.74) is 8.09. The van der Waals surface area contributed by atoms with E-state index < -0.39 is 5.54 Å². The topological polar surface area (TPSA) is 93.5 Å². The van der Waals surface area contributed by atoms with Crippen molar-refractivity contribution >= 4 is 17.5 Å². The number of hydrogen-bond donors (Lipinski definition) is 3. The minimum absolute atomic E-state index is 0.0597. The lowest BCUT2D eigenvalue weighted by molar-refractivity contribution is -0.126. The Hall–Kier alpha value is -2.86. The molecule has 2 amide bonds. The highest BCUT2D eigenvalue weighted by Crippen LogP contribution is 2.14. The number of ether oxygens (including phenoxy) is 1. The van der Waals surface area contributed by atoms with Crippen molar-refractivity contribution in [3.8, 4) is 5.75 Å². The van der Waals surface area contributed by atoms with Crippen molar-refractivity contribution in [3.05, 3.63) is 59.7 Å². The van der Waals surface area contributed by atoms with E-state index in [9.17, 15) is 9.59 Å². The summed E-state index contributed by atoms with van der Waals surface area (Å²) in [6, 6.07) is 15.1. The minimum Gasteiger partial charge on any atom is -0.484 e. The largest absolute Gasteiger partial charge is 0.484 e. The first kappa shape index (κ1) is 22.4. The van der Waals surface area contributed by atoms with E-state index in [1.807, 2.05) is 62.4 Å². The molecule has 0 heterocycles. The Morgan fingerprint density at radius 3 is 2.52 bits per heavy atom. The summed E-state index contributed by atoms with van der Waals surface area (Å²) in [6.45, 7) is 6.20. The zero-order chi connectivity index (χ0) is 21.3. The molecule has 0 radical (unpaired) electrons. The van der Waals surface area contributed by atoms with Crippen LogP contribution in [-0.2, 0) is 16.0 Å². The van der Waals surface area contributed by atoms with Crippen molar-refractivity contribution in [2.24, 2.45) is 5.73 Å². The van der Waals surface area contributed by atoms with Gasteiger partial charge in [-0.3, -0.25) is 9.59 Å². The highest BCUT2D eigenvalue weighted by Gasteiger charge is 2.26. The van der Waals surface area contributed by atoms with Crippen molar-refractivity contribution in [2.75, 3.05) is 18.5 Å². The maximum atomic E-state index is 12.1. The van der Waals surface area contributed by atoms with E-state index in [0.717, 1.165) is 23.2 Å². The highest BCUT2D eigenvalue weighted by molar-refractivity contribution is 5.91. The highest BCUT2D eigenvalue weighted by atomic mass is 16.5. The number of hydrogen-bond acceptors (Lipinski definition) is 4. The molecule has 2 rings (SSSR count). The van der Waals surface area contributed by atoms with Crippen LogP contribution in [0.5, 0.6) is 5.75 Å². The summed E-state index contributed by atoms with van der Waals surface area (Å²) in [6.07, 6.45) is 2.22. The van der Waals surface area contributed by atoms with Crippen molar-refractivity contribution < 1.29 is 14.3 Å². The van der Waals surface area contributed by atoms with Crippen molar-refractivity contribution in [1.82, 2.24) is 5.32 Å². The van der Waals surface area contributed by atoms with E-state index in [0.29, 0.717) is 25.1 Å². The molecular weight excluding hydrogens is 366 g/mol. The van der Waals surface area contributed by atoms with Gasteiger partial charge in [-0.15, -0.1) is 0 Å². The average molecular weight is 398 g/mol. The van der Waals surface area contributed by atoms with Crippen LogP contribution < -0.4 is 21.1 Å².